The summed E-state index contributed by atoms with van der Waals surface area (Å²) in [5, 5.41) is 0. The molecule has 0 aliphatic carbocycles. The van der Waals surface area contributed by atoms with E-state index in [0.29, 0.717) is 5.75 Å². The lowest BCUT2D eigenvalue weighted by molar-refractivity contribution is 0.0513. The van der Waals surface area contributed by atoms with Crippen LogP contribution in [0.1, 0.15) is 0 Å². The first-order valence-electron chi connectivity index (χ1n) is 5.24. The molecule has 0 atom stereocenters. The van der Waals surface area contributed by atoms with Gasteiger partial charge in [-0.25, -0.2) is 0 Å². The maximum absolute atomic E-state index is 5.65. The predicted octanol–water partition coefficient (Wildman–Crippen LogP) is 2.31. The molecule has 2 N–H and O–H groups in total. The summed E-state index contributed by atoms with van der Waals surface area (Å²) >= 11 is 0. The minimum atomic E-state index is 0.202. The maximum atomic E-state index is 5.65. The summed E-state index contributed by atoms with van der Waals surface area (Å²) in [6.45, 7) is 0.202. The summed E-state index contributed by atoms with van der Waals surface area (Å²) in [6.07, 6.45) is 1.73. The van der Waals surface area contributed by atoms with Crippen molar-refractivity contribution >= 4 is 5.69 Å². The molecule has 4 heteroatoms. The molecule has 17 heavy (non-hydrogen) atoms. The lowest BCUT2D eigenvalue weighted by Gasteiger charge is -2.09. The van der Waals surface area contributed by atoms with Crippen molar-refractivity contribution in [2.45, 2.75) is 0 Å². The summed E-state index contributed by atoms with van der Waals surface area (Å²) in [5.41, 5.74) is 8.12. The van der Waals surface area contributed by atoms with E-state index < -0.39 is 0 Å². The fourth-order valence-electron chi connectivity index (χ4n) is 1.49. The molecular weight excluding hydrogens is 216 g/mol. The molecule has 0 aliphatic heterocycles. The average Bonchev–Trinajstić information content (AvgIpc) is 2.38. The average molecular weight is 230 g/mol. The second-order valence-electron chi connectivity index (χ2n) is 3.52. The zero-order valence-corrected chi connectivity index (χ0v) is 9.59. The van der Waals surface area contributed by atoms with Crippen molar-refractivity contribution in [2.75, 3.05) is 19.6 Å². The van der Waals surface area contributed by atoms with Crippen LogP contribution in [0.2, 0.25) is 0 Å². The van der Waals surface area contributed by atoms with Crippen molar-refractivity contribution in [1.82, 2.24) is 4.98 Å². The Bertz CT molecular complexity index is 483. The van der Waals surface area contributed by atoms with Crippen molar-refractivity contribution in [3.63, 3.8) is 0 Å². The Kier molecular flexibility index (Phi) is 3.57. The molecule has 0 bridgehead atoms. The topological polar surface area (TPSA) is 57.4 Å². The first kappa shape index (κ1) is 11.4. The number of methoxy groups -OCH3 is 1. The Morgan fingerprint density at radius 2 is 1.94 bits per heavy atom. The molecule has 0 fully saturated rings. The monoisotopic (exact) mass is 230 g/mol. The molecule has 1 heterocycles. The van der Waals surface area contributed by atoms with E-state index in [0.717, 1.165) is 16.9 Å². The third-order valence-electron chi connectivity index (χ3n) is 2.29. The van der Waals surface area contributed by atoms with Gasteiger partial charge in [-0.1, -0.05) is 12.1 Å². The minimum Gasteiger partial charge on any atom is -0.465 e. The molecule has 0 radical (unpaired) electrons. The van der Waals surface area contributed by atoms with Crippen molar-refractivity contribution in [3.05, 3.63) is 42.6 Å². The summed E-state index contributed by atoms with van der Waals surface area (Å²) in [6, 6.07) is 11.2. The minimum absolute atomic E-state index is 0.202. The van der Waals surface area contributed by atoms with E-state index in [-0.39, 0.29) is 6.79 Å². The number of aromatic nitrogens is 1. The van der Waals surface area contributed by atoms with Crippen LogP contribution in [-0.4, -0.2) is 18.9 Å². The number of pyridine rings is 1. The summed E-state index contributed by atoms with van der Waals surface area (Å²) in [4.78, 5) is 4.31. The standard InChI is InChI=1S/C13H14N2O2/c1-16-9-17-12-3-2-8-15-13(12)10-4-6-11(14)7-5-10/h2-8H,9,14H2,1H3. The molecule has 1 aromatic carbocycles. The Labute approximate surface area is 100 Å². The Morgan fingerprint density at radius 1 is 1.18 bits per heavy atom. The van der Waals surface area contributed by atoms with Crippen LogP contribution in [0.15, 0.2) is 42.6 Å². The normalized spacial score (nSPS) is 10.2. The van der Waals surface area contributed by atoms with Gasteiger partial charge in [0, 0.05) is 24.6 Å². The number of rotatable bonds is 4. The van der Waals surface area contributed by atoms with Crippen molar-refractivity contribution in [3.8, 4) is 17.0 Å². The van der Waals surface area contributed by atoms with Gasteiger partial charge in [0.2, 0.25) is 0 Å². The van der Waals surface area contributed by atoms with E-state index in [2.05, 4.69) is 4.98 Å². The molecule has 0 spiro atoms. The second kappa shape index (κ2) is 5.32. The highest BCUT2D eigenvalue weighted by molar-refractivity contribution is 5.67. The highest BCUT2D eigenvalue weighted by atomic mass is 16.7. The fourth-order valence-corrected chi connectivity index (χ4v) is 1.49. The number of ether oxygens (including phenoxy) is 2. The third-order valence-corrected chi connectivity index (χ3v) is 2.29. The number of nitrogens with zero attached hydrogens (tertiary/aromatic N) is 1. The molecule has 0 aliphatic rings. The number of benzene rings is 1. The summed E-state index contributed by atoms with van der Waals surface area (Å²) in [5.74, 6) is 0.694. The maximum Gasteiger partial charge on any atom is 0.188 e. The number of nitrogen functional groups attached to an aromatic ring is 1. The SMILES string of the molecule is COCOc1cccnc1-c1ccc(N)cc1. The van der Waals surface area contributed by atoms with Gasteiger partial charge in [-0.05, 0) is 24.3 Å². The van der Waals surface area contributed by atoms with E-state index in [1.807, 2.05) is 36.4 Å². The zero-order valence-electron chi connectivity index (χ0n) is 9.59. The predicted molar refractivity (Wildman–Crippen MR) is 66.6 cm³/mol. The number of anilines is 1. The molecule has 2 rings (SSSR count). The lowest BCUT2D eigenvalue weighted by Crippen LogP contribution is -2.01. The van der Waals surface area contributed by atoms with Crippen LogP contribution in [0.5, 0.6) is 5.75 Å². The molecular formula is C13H14N2O2. The Hall–Kier alpha value is -2.07. The molecule has 1 aromatic heterocycles. The van der Waals surface area contributed by atoms with Crippen LogP contribution >= 0.6 is 0 Å². The van der Waals surface area contributed by atoms with Gasteiger partial charge in [0.25, 0.3) is 0 Å². The summed E-state index contributed by atoms with van der Waals surface area (Å²) < 4.78 is 10.3. The van der Waals surface area contributed by atoms with E-state index >= 15 is 0 Å². The van der Waals surface area contributed by atoms with Crippen LogP contribution in [-0.2, 0) is 4.74 Å². The van der Waals surface area contributed by atoms with Gasteiger partial charge >= 0.3 is 0 Å². The van der Waals surface area contributed by atoms with Gasteiger partial charge in [-0.3, -0.25) is 4.98 Å². The molecule has 2 aromatic rings. The first-order chi connectivity index (χ1) is 8.31. The molecule has 0 amide bonds. The molecule has 0 unspecified atom stereocenters. The van der Waals surface area contributed by atoms with Crippen molar-refractivity contribution in [2.24, 2.45) is 0 Å². The van der Waals surface area contributed by atoms with E-state index in [9.17, 15) is 0 Å². The zero-order chi connectivity index (χ0) is 12.1. The van der Waals surface area contributed by atoms with E-state index in [4.69, 9.17) is 15.2 Å². The van der Waals surface area contributed by atoms with Gasteiger partial charge < -0.3 is 15.2 Å². The highest BCUT2D eigenvalue weighted by Gasteiger charge is 2.06. The van der Waals surface area contributed by atoms with Crippen LogP contribution < -0.4 is 10.5 Å². The summed E-state index contributed by atoms with van der Waals surface area (Å²) in [7, 11) is 1.58. The highest BCUT2D eigenvalue weighted by Crippen LogP contribution is 2.27. The van der Waals surface area contributed by atoms with Gasteiger partial charge in [0.1, 0.15) is 11.4 Å². The Morgan fingerprint density at radius 3 is 2.65 bits per heavy atom. The number of nitrogens with two attached hydrogens (primary N) is 1. The van der Waals surface area contributed by atoms with Crippen molar-refractivity contribution in [1.29, 1.82) is 0 Å². The van der Waals surface area contributed by atoms with Gasteiger partial charge in [0.15, 0.2) is 6.79 Å². The first-order valence-corrected chi connectivity index (χ1v) is 5.24. The van der Waals surface area contributed by atoms with Crippen LogP contribution in [0.25, 0.3) is 11.3 Å². The largest absolute Gasteiger partial charge is 0.465 e. The lowest BCUT2D eigenvalue weighted by atomic mass is 10.1. The van der Waals surface area contributed by atoms with Gasteiger partial charge in [-0.15, -0.1) is 0 Å². The molecule has 88 valence electrons. The fraction of sp³-hybridized carbons (Fsp3) is 0.154. The van der Waals surface area contributed by atoms with Crippen LogP contribution in [0.4, 0.5) is 5.69 Å². The quantitative estimate of drug-likeness (QED) is 0.647. The van der Waals surface area contributed by atoms with Crippen LogP contribution in [0, 0.1) is 0 Å². The molecule has 4 nitrogen and oxygen atoms in total. The van der Waals surface area contributed by atoms with Crippen molar-refractivity contribution < 1.29 is 9.47 Å². The van der Waals surface area contributed by atoms with Crippen LogP contribution in [0.3, 0.4) is 0 Å². The third kappa shape index (κ3) is 2.73. The smallest absolute Gasteiger partial charge is 0.188 e. The molecule has 0 saturated heterocycles. The van der Waals surface area contributed by atoms with Gasteiger partial charge in [0.05, 0.1) is 0 Å². The van der Waals surface area contributed by atoms with E-state index in [1.165, 1.54) is 0 Å². The van der Waals surface area contributed by atoms with E-state index in [1.54, 1.807) is 13.3 Å². The molecule has 0 saturated carbocycles. The number of hydrogen-bond acceptors (Lipinski definition) is 4. The van der Waals surface area contributed by atoms with Gasteiger partial charge in [-0.2, -0.15) is 0 Å². The Balaban J connectivity index is 2.33. The number of hydrogen-bond donors (Lipinski definition) is 1. The second-order valence-corrected chi connectivity index (χ2v) is 3.52.